The first kappa shape index (κ1) is 18.7. The predicted molar refractivity (Wildman–Crippen MR) is 117 cm³/mol. The van der Waals surface area contributed by atoms with Gasteiger partial charge in [-0.15, -0.1) is 6.58 Å². The first-order valence-electron chi connectivity index (χ1n) is 9.53. The van der Waals surface area contributed by atoms with Crippen LogP contribution >= 0.6 is 0 Å². The fraction of sp³-hybridized carbons (Fsp3) is 0.280. The Hall–Kier alpha value is -2.12. The zero-order chi connectivity index (χ0) is 18.6. The molecule has 0 unspecified atom stereocenters. The van der Waals surface area contributed by atoms with Gasteiger partial charge in [-0.3, -0.25) is 0 Å². The van der Waals surface area contributed by atoms with E-state index in [0.29, 0.717) is 5.92 Å². The Kier molecular flexibility index (Phi) is 5.48. The van der Waals surface area contributed by atoms with E-state index < -0.39 is 8.07 Å². The molecule has 0 N–H and O–H groups in total. The van der Waals surface area contributed by atoms with Crippen molar-refractivity contribution in [2.75, 3.05) is 0 Å². The minimum atomic E-state index is -1.17. The Morgan fingerprint density at radius 1 is 0.846 bits per heavy atom. The van der Waals surface area contributed by atoms with Crippen LogP contribution in [0.2, 0.25) is 25.7 Å². The van der Waals surface area contributed by atoms with Crippen molar-refractivity contribution in [3.05, 3.63) is 108 Å². The van der Waals surface area contributed by atoms with Crippen molar-refractivity contribution in [1.29, 1.82) is 0 Å². The van der Waals surface area contributed by atoms with Crippen LogP contribution in [0.25, 0.3) is 0 Å². The zero-order valence-corrected chi connectivity index (χ0v) is 17.3. The molecule has 0 spiro atoms. The summed E-state index contributed by atoms with van der Waals surface area (Å²) in [4.78, 5) is 0. The number of hydrogen-bond donors (Lipinski definition) is 0. The largest absolute Gasteiger partial charge is 0.100 e. The molecule has 2 aromatic rings. The van der Waals surface area contributed by atoms with Gasteiger partial charge < -0.3 is 0 Å². The third-order valence-electron chi connectivity index (χ3n) is 5.06. The molecule has 134 valence electrons. The number of rotatable bonds is 7. The molecule has 0 atom stereocenters. The Labute approximate surface area is 160 Å². The lowest BCUT2D eigenvalue weighted by atomic mass is 9.67. The second-order valence-electron chi connectivity index (χ2n) is 8.75. The minimum Gasteiger partial charge on any atom is -0.100 e. The minimum absolute atomic E-state index is 0.0283. The summed E-state index contributed by atoms with van der Waals surface area (Å²) in [5, 5.41) is 0. The van der Waals surface area contributed by atoms with Gasteiger partial charge in [0.2, 0.25) is 0 Å². The number of allylic oxidation sites excluding steroid dienone is 5. The second-order valence-corrected chi connectivity index (χ2v) is 14.2. The van der Waals surface area contributed by atoms with Gasteiger partial charge in [0.05, 0.1) is 0 Å². The van der Waals surface area contributed by atoms with Crippen LogP contribution in [0.15, 0.2) is 97.1 Å². The highest BCUT2D eigenvalue weighted by molar-refractivity contribution is 6.76. The third kappa shape index (κ3) is 4.34. The van der Waals surface area contributed by atoms with E-state index in [4.69, 9.17) is 0 Å². The van der Waals surface area contributed by atoms with E-state index in [1.54, 1.807) is 0 Å². The molecule has 0 saturated heterocycles. The van der Waals surface area contributed by atoms with Gasteiger partial charge in [-0.2, -0.15) is 0 Å². The average molecular weight is 359 g/mol. The SMILES string of the molecule is C=C(CC1(C(c2ccccc2)c2ccccc2)C=CC=C1)C[Si](C)(C)C. The van der Waals surface area contributed by atoms with Crippen molar-refractivity contribution >= 4 is 8.07 Å². The van der Waals surface area contributed by atoms with Gasteiger partial charge in [0.15, 0.2) is 0 Å². The van der Waals surface area contributed by atoms with Crippen LogP contribution in [-0.4, -0.2) is 8.07 Å². The van der Waals surface area contributed by atoms with Crippen molar-refractivity contribution in [3.63, 3.8) is 0 Å². The Balaban J connectivity index is 2.03. The maximum atomic E-state index is 4.49. The summed E-state index contributed by atoms with van der Waals surface area (Å²) in [6.45, 7) is 11.8. The molecule has 1 aliphatic carbocycles. The van der Waals surface area contributed by atoms with E-state index in [1.807, 2.05) is 0 Å². The first-order valence-corrected chi connectivity index (χ1v) is 13.2. The summed E-state index contributed by atoms with van der Waals surface area (Å²) < 4.78 is 0. The lowest BCUT2D eigenvalue weighted by molar-refractivity contribution is 0.431. The lowest BCUT2D eigenvalue weighted by Gasteiger charge is -2.37. The molecule has 26 heavy (non-hydrogen) atoms. The van der Waals surface area contributed by atoms with Gasteiger partial charge >= 0.3 is 0 Å². The summed E-state index contributed by atoms with van der Waals surface area (Å²) in [6.07, 6.45) is 10.2. The van der Waals surface area contributed by atoms with Crippen LogP contribution < -0.4 is 0 Å². The molecule has 3 rings (SSSR count). The van der Waals surface area contributed by atoms with Crippen LogP contribution in [0, 0.1) is 5.41 Å². The molecule has 0 aliphatic heterocycles. The van der Waals surface area contributed by atoms with Crippen molar-refractivity contribution in [2.24, 2.45) is 5.41 Å². The Morgan fingerprint density at radius 3 is 1.73 bits per heavy atom. The molecular weight excluding hydrogens is 328 g/mol. The van der Waals surface area contributed by atoms with E-state index in [1.165, 1.54) is 22.7 Å². The van der Waals surface area contributed by atoms with Gasteiger partial charge in [0, 0.05) is 19.4 Å². The molecule has 0 radical (unpaired) electrons. The van der Waals surface area contributed by atoms with E-state index in [0.717, 1.165) is 6.42 Å². The summed E-state index contributed by atoms with van der Waals surface area (Å²) >= 11 is 0. The average Bonchev–Trinajstić information content (AvgIpc) is 3.04. The third-order valence-corrected chi connectivity index (χ3v) is 6.62. The van der Waals surface area contributed by atoms with E-state index in [9.17, 15) is 0 Å². The smallest absolute Gasteiger partial charge is 0.0483 e. The van der Waals surface area contributed by atoms with Gasteiger partial charge in [0.1, 0.15) is 0 Å². The van der Waals surface area contributed by atoms with Gasteiger partial charge in [-0.05, 0) is 23.6 Å². The Bertz CT molecular complexity index is 740. The molecule has 0 fully saturated rings. The van der Waals surface area contributed by atoms with Gasteiger partial charge in [-0.25, -0.2) is 0 Å². The maximum absolute atomic E-state index is 4.49. The summed E-state index contributed by atoms with van der Waals surface area (Å²) in [5.74, 6) is 0.304. The quantitative estimate of drug-likeness (QED) is 0.362. The van der Waals surface area contributed by atoms with Crippen LogP contribution in [0.4, 0.5) is 0 Å². The number of hydrogen-bond acceptors (Lipinski definition) is 0. The monoisotopic (exact) mass is 358 g/mol. The fourth-order valence-corrected chi connectivity index (χ4v) is 5.91. The second kappa shape index (κ2) is 7.63. The van der Waals surface area contributed by atoms with Crippen molar-refractivity contribution in [2.45, 2.75) is 38.0 Å². The molecule has 2 aromatic carbocycles. The normalized spacial score (nSPS) is 15.5. The summed E-state index contributed by atoms with van der Waals surface area (Å²) in [7, 11) is -1.17. The standard InChI is InChI=1S/C25H30Si/c1-21(20-26(2,3)4)19-25(17-11-12-18-25)24(22-13-7-5-8-14-22)23-15-9-6-10-16-23/h5-18,24H,1,19-20H2,2-4H3. The predicted octanol–water partition coefficient (Wildman–Crippen LogP) is 7.22. The fourth-order valence-electron chi connectivity index (χ4n) is 4.29. The van der Waals surface area contributed by atoms with E-state index >= 15 is 0 Å². The molecule has 0 amide bonds. The van der Waals surface area contributed by atoms with Crippen molar-refractivity contribution in [1.82, 2.24) is 0 Å². The maximum Gasteiger partial charge on any atom is 0.0483 e. The molecule has 0 saturated carbocycles. The Morgan fingerprint density at radius 2 is 1.31 bits per heavy atom. The van der Waals surface area contributed by atoms with Crippen LogP contribution in [0.1, 0.15) is 23.5 Å². The topological polar surface area (TPSA) is 0 Å². The highest BCUT2D eigenvalue weighted by atomic mass is 28.3. The van der Waals surface area contributed by atoms with Gasteiger partial charge in [0.25, 0.3) is 0 Å². The molecule has 1 aliphatic rings. The first-order chi connectivity index (χ1) is 12.4. The summed E-state index contributed by atoms with van der Waals surface area (Å²) in [6, 6.07) is 23.0. The number of benzene rings is 2. The van der Waals surface area contributed by atoms with Crippen molar-refractivity contribution < 1.29 is 0 Å². The van der Waals surface area contributed by atoms with Gasteiger partial charge in [-0.1, -0.05) is 110 Å². The van der Waals surface area contributed by atoms with Crippen LogP contribution in [0.5, 0.6) is 0 Å². The van der Waals surface area contributed by atoms with E-state index in [-0.39, 0.29) is 5.41 Å². The molecule has 0 bridgehead atoms. The molecule has 0 heterocycles. The summed E-state index contributed by atoms with van der Waals surface area (Å²) in [5.41, 5.74) is 4.10. The molecule has 1 heteroatoms. The lowest BCUT2D eigenvalue weighted by Crippen LogP contribution is -2.27. The molecule has 0 aromatic heterocycles. The van der Waals surface area contributed by atoms with Crippen molar-refractivity contribution in [3.8, 4) is 0 Å². The van der Waals surface area contributed by atoms with Crippen LogP contribution in [-0.2, 0) is 0 Å². The zero-order valence-electron chi connectivity index (χ0n) is 16.3. The molecule has 0 nitrogen and oxygen atoms in total. The van der Waals surface area contributed by atoms with Crippen LogP contribution in [0.3, 0.4) is 0 Å². The highest BCUT2D eigenvalue weighted by Crippen LogP contribution is 2.50. The highest BCUT2D eigenvalue weighted by Gasteiger charge is 2.38. The molecular formula is C25H30Si. The van der Waals surface area contributed by atoms with E-state index in [2.05, 4.69) is 111 Å².